The third-order valence-electron chi connectivity index (χ3n) is 3.49. The SMILES string of the molecule is CC[Si](CC)(CC)c1ccc(F)cc1. The zero-order chi connectivity index (χ0) is 10.6. The van der Waals surface area contributed by atoms with E-state index in [1.807, 2.05) is 12.1 Å². The second kappa shape index (κ2) is 4.74. The standard InChI is InChI=1S/C12H19FSi/c1-4-14(5-2,6-3)12-9-7-11(13)8-10-12/h7-10H,4-6H2,1-3H3. The number of halogens is 1. The van der Waals surface area contributed by atoms with Crippen LogP contribution in [-0.2, 0) is 0 Å². The lowest BCUT2D eigenvalue weighted by Gasteiger charge is -2.28. The van der Waals surface area contributed by atoms with Crippen LogP contribution in [-0.4, -0.2) is 8.07 Å². The monoisotopic (exact) mass is 210 g/mol. The lowest BCUT2D eigenvalue weighted by atomic mass is 10.3. The van der Waals surface area contributed by atoms with Gasteiger partial charge in [0.25, 0.3) is 0 Å². The summed E-state index contributed by atoms with van der Waals surface area (Å²) in [6.45, 7) is 6.80. The van der Waals surface area contributed by atoms with E-state index in [9.17, 15) is 4.39 Å². The fourth-order valence-electron chi connectivity index (χ4n) is 2.17. The Bertz CT molecular complexity index is 267. The molecule has 0 nitrogen and oxygen atoms in total. The van der Waals surface area contributed by atoms with E-state index in [4.69, 9.17) is 0 Å². The van der Waals surface area contributed by atoms with Crippen LogP contribution >= 0.6 is 0 Å². The van der Waals surface area contributed by atoms with E-state index >= 15 is 0 Å². The van der Waals surface area contributed by atoms with Crippen molar-refractivity contribution in [3.8, 4) is 0 Å². The minimum absolute atomic E-state index is 0.125. The molecule has 0 atom stereocenters. The van der Waals surface area contributed by atoms with E-state index < -0.39 is 8.07 Å². The molecule has 0 aliphatic rings. The topological polar surface area (TPSA) is 0 Å². The van der Waals surface area contributed by atoms with E-state index in [0.29, 0.717) is 0 Å². The lowest BCUT2D eigenvalue weighted by Crippen LogP contribution is -2.45. The van der Waals surface area contributed by atoms with Gasteiger partial charge in [-0.1, -0.05) is 56.2 Å². The number of hydrogen-bond acceptors (Lipinski definition) is 0. The van der Waals surface area contributed by atoms with Crippen LogP contribution in [0.25, 0.3) is 0 Å². The van der Waals surface area contributed by atoms with Gasteiger partial charge in [0.1, 0.15) is 5.82 Å². The molecule has 0 heterocycles. The van der Waals surface area contributed by atoms with Gasteiger partial charge in [-0.2, -0.15) is 0 Å². The maximum atomic E-state index is 12.8. The lowest BCUT2D eigenvalue weighted by molar-refractivity contribution is 0.628. The molecule has 0 spiro atoms. The van der Waals surface area contributed by atoms with Gasteiger partial charge in [-0.3, -0.25) is 0 Å². The molecule has 14 heavy (non-hydrogen) atoms. The molecule has 0 aromatic heterocycles. The maximum Gasteiger partial charge on any atom is 0.123 e. The largest absolute Gasteiger partial charge is 0.207 e. The highest BCUT2D eigenvalue weighted by molar-refractivity contribution is 6.91. The molecule has 0 saturated heterocycles. The van der Waals surface area contributed by atoms with Gasteiger partial charge in [0.05, 0.1) is 8.07 Å². The van der Waals surface area contributed by atoms with Crippen LogP contribution in [0.3, 0.4) is 0 Å². The Morgan fingerprint density at radius 3 is 1.71 bits per heavy atom. The number of rotatable bonds is 4. The van der Waals surface area contributed by atoms with E-state index in [0.717, 1.165) is 0 Å². The van der Waals surface area contributed by atoms with Crippen molar-refractivity contribution >= 4 is 13.3 Å². The summed E-state index contributed by atoms with van der Waals surface area (Å²) in [5.41, 5.74) is 0. The van der Waals surface area contributed by atoms with Gasteiger partial charge in [-0.15, -0.1) is 0 Å². The molecule has 0 radical (unpaired) electrons. The van der Waals surface area contributed by atoms with E-state index in [1.165, 1.54) is 23.3 Å². The molecule has 0 aliphatic heterocycles. The Labute approximate surface area is 87.2 Å². The first-order valence-electron chi connectivity index (χ1n) is 5.44. The molecule has 1 rings (SSSR count). The summed E-state index contributed by atoms with van der Waals surface area (Å²) in [5.74, 6) is -0.125. The highest BCUT2D eigenvalue weighted by Crippen LogP contribution is 2.20. The summed E-state index contributed by atoms with van der Waals surface area (Å²) in [7, 11) is -1.28. The molecule has 0 N–H and O–H groups in total. The Morgan fingerprint density at radius 2 is 1.36 bits per heavy atom. The summed E-state index contributed by atoms with van der Waals surface area (Å²) in [6.07, 6.45) is 0. The van der Waals surface area contributed by atoms with Crippen LogP contribution < -0.4 is 5.19 Å². The van der Waals surface area contributed by atoms with E-state index in [1.54, 1.807) is 12.1 Å². The first-order valence-corrected chi connectivity index (χ1v) is 8.06. The maximum absolute atomic E-state index is 12.8. The zero-order valence-electron chi connectivity index (χ0n) is 9.31. The van der Waals surface area contributed by atoms with Gasteiger partial charge in [-0.05, 0) is 12.1 Å². The van der Waals surface area contributed by atoms with Crippen LogP contribution in [0.4, 0.5) is 4.39 Å². The highest BCUT2D eigenvalue weighted by atomic mass is 28.3. The minimum atomic E-state index is -1.28. The normalized spacial score (nSPS) is 11.7. The van der Waals surface area contributed by atoms with Gasteiger partial charge in [-0.25, -0.2) is 4.39 Å². The highest BCUT2D eigenvalue weighted by Gasteiger charge is 2.28. The van der Waals surface area contributed by atoms with Gasteiger partial charge in [0, 0.05) is 0 Å². The van der Waals surface area contributed by atoms with E-state index in [-0.39, 0.29) is 5.82 Å². The van der Waals surface area contributed by atoms with Crippen molar-refractivity contribution in [2.45, 2.75) is 38.9 Å². The molecule has 1 aromatic rings. The zero-order valence-corrected chi connectivity index (χ0v) is 10.3. The summed E-state index contributed by atoms with van der Waals surface area (Å²) < 4.78 is 12.8. The summed E-state index contributed by atoms with van der Waals surface area (Å²) in [6, 6.07) is 10.9. The van der Waals surface area contributed by atoms with Gasteiger partial charge in [0.2, 0.25) is 0 Å². The average molecular weight is 210 g/mol. The first-order chi connectivity index (χ1) is 6.68. The van der Waals surface area contributed by atoms with Crippen LogP contribution in [0, 0.1) is 5.82 Å². The van der Waals surface area contributed by atoms with Crippen molar-refractivity contribution in [1.82, 2.24) is 0 Å². The van der Waals surface area contributed by atoms with Crippen LogP contribution in [0.5, 0.6) is 0 Å². The fourth-order valence-corrected chi connectivity index (χ4v) is 5.76. The van der Waals surface area contributed by atoms with Crippen molar-refractivity contribution in [3.05, 3.63) is 30.1 Å². The van der Waals surface area contributed by atoms with Crippen molar-refractivity contribution in [3.63, 3.8) is 0 Å². The smallest absolute Gasteiger partial charge is 0.123 e. The fraction of sp³-hybridized carbons (Fsp3) is 0.500. The molecular weight excluding hydrogens is 191 g/mol. The van der Waals surface area contributed by atoms with Crippen molar-refractivity contribution in [2.75, 3.05) is 0 Å². The Morgan fingerprint density at radius 1 is 0.929 bits per heavy atom. The number of hydrogen-bond donors (Lipinski definition) is 0. The molecule has 0 fully saturated rings. The van der Waals surface area contributed by atoms with Crippen molar-refractivity contribution in [1.29, 1.82) is 0 Å². The predicted octanol–water partition coefficient (Wildman–Crippen LogP) is 3.54. The van der Waals surface area contributed by atoms with Crippen LogP contribution in [0.15, 0.2) is 24.3 Å². The summed E-state index contributed by atoms with van der Waals surface area (Å²) in [5, 5.41) is 1.41. The summed E-state index contributed by atoms with van der Waals surface area (Å²) in [4.78, 5) is 0. The van der Waals surface area contributed by atoms with Crippen molar-refractivity contribution < 1.29 is 4.39 Å². The quantitative estimate of drug-likeness (QED) is 0.667. The summed E-state index contributed by atoms with van der Waals surface area (Å²) >= 11 is 0. The van der Waals surface area contributed by atoms with Crippen molar-refractivity contribution in [2.24, 2.45) is 0 Å². The Kier molecular flexibility index (Phi) is 3.87. The second-order valence-corrected chi connectivity index (χ2v) is 9.11. The molecule has 0 bridgehead atoms. The molecule has 2 heteroatoms. The van der Waals surface area contributed by atoms with E-state index in [2.05, 4.69) is 20.8 Å². The second-order valence-electron chi connectivity index (χ2n) is 3.85. The molecule has 0 unspecified atom stereocenters. The third-order valence-corrected chi connectivity index (χ3v) is 9.11. The number of benzene rings is 1. The molecule has 0 saturated carbocycles. The van der Waals surface area contributed by atoms with Crippen LogP contribution in [0.1, 0.15) is 20.8 Å². The van der Waals surface area contributed by atoms with Crippen LogP contribution in [0.2, 0.25) is 18.1 Å². The average Bonchev–Trinajstić information content (AvgIpc) is 2.24. The molecule has 0 aliphatic carbocycles. The van der Waals surface area contributed by atoms with Gasteiger partial charge in [0.15, 0.2) is 0 Å². The molecule has 78 valence electrons. The Hall–Kier alpha value is -0.633. The molecule has 0 amide bonds. The minimum Gasteiger partial charge on any atom is -0.207 e. The third kappa shape index (κ3) is 2.06. The molecular formula is C12H19FSi. The first kappa shape index (κ1) is 11.4. The Balaban J connectivity index is 3.05. The van der Waals surface area contributed by atoms with Gasteiger partial charge >= 0.3 is 0 Å². The molecule has 1 aromatic carbocycles. The van der Waals surface area contributed by atoms with Gasteiger partial charge < -0.3 is 0 Å². The predicted molar refractivity (Wildman–Crippen MR) is 63.2 cm³/mol.